The van der Waals surface area contributed by atoms with Crippen LogP contribution in [0, 0.1) is 11.3 Å². The number of nitriles is 1. The number of rotatable bonds is 4. The van der Waals surface area contributed by atoms with E-state index in [1.54, 1.807) is 0 Å². The molecule has 0 saturated heterocycles. The lowest BCUT2D eigenvalue weighted by Crippen LogP contribution is -2.23. The van der Waals surface area contributed by atoms with Gasteiger partial charge >= 0.3 is 0 Å². The fraction of sp³-hybridized carbons (Fsp3) is 0.227. The third-order valence-corrected chi connectivity index (χ3v) is 7.38. The molecule has 2 aliphatic rings. The summed E-state index contributed by atoms with van der Waals surface area (Å²) in [4.78, 5) is 28.2. The molecule has 8 heteroatoms. The summed E-state index contributed by atoms with van der Waals surface area (Å²) in [6.07, 6.45) is 3.72. The van der Waals surface area contributed by atoms with Gasteiger partial charge < -0.3 is 16.0 Å². The Balaban J connectivity index is 1.70. The molecule has 2 aromatic rings. The highest BCUT2D eigenvalue weighted by atomic mass is 32.2. The van der Waals surface area contributed by atoms with E-state index in [1.807, 2.05) is 47.6 Å². The maximum absolute atomic E-state index is 13.1. The summed E-state index contributed by atoms with van der Waals surface area (Å²) in [7, 11) is 0. The van der Waals surface area contributed by atoms with Crippen LogP contribution in [0.4, 0.5) is 10.7 Å². The van der Waals surface area contributed by atoms with E-state index >= 15 is 0 Å². The smallest absolute Gasteiger partial charge is 0.269 e. The summed E-state index contributed by atoms with van der Waals surface area (Å²) in [5.41, 5.74) is 8.75. The van der Waals surface area contributed by atoms with Crippen molar-refractivity contribution in [3.63, 3.8) is 0 Å². The number of amides is 2. The highest BCUT2D eigenvalue weighted by Crippen LogP contribution is 2.41. The van der Waals surface area contributed by atoms with Crippen LogP contribution in [0.2, 0.25) is 0 Å². The fourth-order valence-corrected chi connectivity index (χ4v) is 6.04. The number of aryl methyl sites for hydroxylation is 1. The Hall–Kier alpha value is -3.02. The summed E-state index contributed by atoms with van der Waals surface area (Å²) < 4.78 is 0. The average molecular weight is 437 g/mol. The Morgan fingerprint density at radius 2 is 1.93 bits per heavy atom. The molecule has 30 heavy (non-hydrogen) atoms. The molecule has 152 valence electrons. The molecule has 0 atom stereocenters. The topological polar surface area (TPSA) is 99.2 Å². The molecule has 2 heterocycles. The number of carbonyl (C=O) groups excluding carboxylic acids is 2. The van der Waals surface area contributed by atoms with Gasteiger partial charge in [0.15, 0.2) is 0 Å². The third-order valence-electron chi connectivity index (χ3n) is 5.11. The molecule has 1 aliphatic carbocycles. The zero-order valence-electron chi connectivity index (χ0n) is 16.4. The van der Waals surface area contributed by atoms with Crippen molar-refractivity contribution in [2.45, 2.75) is 32.6 Å². The number of nitrogens with two attached hydrogens (primary N) is 1. The Kier molecular flexibility index (Phi) is 5.66. The Bertz CT molecular complexity index is 1130. The molecule has 1 aromatic heterocycles. The van der Waals surface area contributed by atoms with Crippen molar-refractivity contribution in [2.24, 2.45) is 5.73 Å². The molecular weight excluding hydrogens is 416 g/mol. The highest BCUT2D eigenvalue weighted by Gasteiger charge is 2.30. The molecule has 1 aromatic carbocycles. The average Bonchev–Trinajstić information content (AvgIpc) is 3.29. The third kappa shape index (κ3) is 3.62. The van der Waals surface area contributed by atoms with Crippen LogP contribution >= 0.6 is 23.1 Å². The van der Waals surface area contributed by atoms with Crippen LogP contribution in [0.3, 0.4) is 0 Å². The van der Waals surface area contributed by atoms with Crippen LogP contribution in [0.25, 0.3) is 0 Å². The van der Waals surface area contributed by atoms with Gasteiger partial charge in [0.05, 0.1) is 5.56 Å². The minimum atomic E-state index is -0.547. The molecule has 6 nitrogen and oxygen atoms in total. The van der Waals surface area contributed by atoms with Gasteiger partial charge in [-0.25, -0.2) is 0 Å². The van der Waals surface area contributed by atoms with Crippen LogP contribution in [0.5, 0.6) is 0 Å². The maximum atomic E-state index is 13.1. The monoisotopic (exact) mass is 436 g/mol. The van der Waals surface area contributed by atoms with E-state index in [0.717, 1.165) is 47.5 Å². The van der Waals surface area contributed by atoms with Gasteiger partial charge in [0.25, 0.3) is 11.8 Å². The molecule has 0 bridgehead atoms. The lowest BCUT2D eigenvalue weighted by molar-refractivity contribution is -0.112. The molecule has 2 amide bonds. The molecule has 0 unspecified atom stereocenters. The van der Waals surface area contributed by atoms with E-state index in [-0.39, 0.29) is 5.57 Å². The van der Waals surface area contributed by atoms with Crippen LogP contribution in [0.15, 0.2) is 52.0 Å². The normalized spacial score (nSPS) is 17.1. The number of hydrogen-bond acceptors (Lipinski definition) is 6. The van der Waals surface area contributed by atoms with E-state index in [2.05, 4.69) is 11.4 Å². The SMILES string of the molecule is CC1=CS/C(=C(/C#N)C(=O)Nc2sc3c(c2C(N)=O)CCCC3)N1c1ccccc1. The lowest BCUT2D eigenvalue weighted by atomic mass is 9.95. The number of anilines is 2. The van der Waals surface area contributed by atoms with Crippen molar-refractivity contribution < 1.29 is 9.59 Å². The van der Waals surface area contributed by atoms with Gasteiger partial charge in [-0.3, -0.25) is 9.59 Å². The van der Waals surface area contributed by atoms with Crippen molar-refractivity contribution in [3.05, 3.63) is 68.0 Å². The molecule has 3 N–H and O–H groups in total. The van der Waals surface area contributed by atoms with Gasteiger partial charge in [0.2, 0.25) is 0 Å². The molecule has 0 radical (unpaired) electrons. The molecule has 1 aliphatic heterocycles. The molecule has 0 spiro atoms. The second kappa shape index (κ2) is 8.38. The number of allylic oxidation sites excluding steroid dienone is 1. The predicted octanol–water partition coefficient (Wildman–Crippen LogP) is 4.51. The number of fused-ring (bicyclic) bond motifs is 1. The van der Waals surface area contributed by atoms with E-state index in [4.69, 9.17) is 5.73 Å². The maximum Gasteiger partial charge on any atom is 0.269 e. The highest BCUT2D eigenvalue weighted by molar-refractivity contribution is 8.06. The van der Waals surface area contributed by atoms with Crippen molar-refractivity contribution >= 4 is 45.6 Å². The number of primary amides is 1. The quantitative estimate of drug-likeness (QED) is 0.542. The lowest BCUT2D eigenvalue weighted by Gasteiger charge is -2.22. The van der Waals surface area contributed by atoms with Crippen molar-refractivity contribution in [1.82, 2.24) is 0 Å². The Morgan fingerprint density at radius 1 is 1.20 bits per heavy atom. The first-order chi connectivity index (χ1) is 14.5. The largest absolute Gasteiger partial charge is 0.365 e. The van der Waals surface area contributed by atoms with Crippen LogP contribution in [0.1, 0.15) is 40.6 Å². The Labute approximate surface area is 183 Å². The summed E-state index contributed by atoms with van der Waals surface area (Å²) in [5.74, 6) is -1.08. The predicted molar refractivity (Wildman–Crippen MR) is 121 cm³/mol. The number of thiophene rings is 1. The second-order valence-corrected chi connectivity index (χ2v) is 9.04. The van der Waals surface area contributed by atoms with Crippen LogP contribution in [-0.4, -0.2) is 11.8 Å². The fourth-order valence-electron chi connectivity index (χ4n) is 3.75. The second-order valence-electron chi connectivity index (χ2n) is 7.07. The van der Waals surface area contributed by atoms with Crippen molar-refractivity contribution in [3.8, 4) is 6.07 Å². The minimum Gasteiger partial charge on any atom is -0.365 e. The summed E-state index contributed by atoms with van der Waals surface area (Å²) in [6.45, 7) is 1.93. The van der Waals surface area contributed by atoms with Crippen LogP contribution in [-0.2, 0) is 17.6 Å². The van der Waals surface area contributed by atoms with Gasteiger partial charge in [-0.15, -0.1) is 11.3 Å². The zero-order valence-corrected chi connectivity index (χ0v) is 18.0. The number of nitrogens with zero attached hydrogens (tertiary/aromatic N) is 2. The van der Waals surface area contributed by atoms with E-state index < -0.39 is 11.8 Å². The molecule has 0 fully saturated rings. The zero-order chi connectivity index (χ0) is 21.3. The van der Waals surface area contributed by atoms with Gasteiger partial charge in [-0.2, -0.15) is 5.26 Å². The molecular formula is C22H20N4O2S2. The number of nitrogens with one attached hydrogen (secondary N) is 1. The Morgan fingerprint density at radius 3 is 2.63 bits per heavy atom. The number of carbonyl (C=O) groups is 2. The summed E-state index contributed by atoms with van der Waals surface area (Å²) in [6, 6.07) is 11.6. The molecule has 0 saturated carbocycles. The number of hydrogen-bond donors (Lipinski definition) is 2. The van der Waals surface area contributed by atoms with Gasteiger partial charge in [-0.05, 0) is 55.7 Å². The van der Waals surface area contributed by atoms with Crippen molar-refractivity contribution in [1.29, 1.82) is 5.26 Å². The summed E-state index contributed by atoms with van der Waals surface area (Å²) in [5, 5.41) is 15.5. The van der Waals surface area contributed by atoms with Gasteiger partial charge in [0, 0.05) is 16.3 Å². The first-order valence-electron chi connectivity index (χ1n) is 9.60. The van der Waals surface area contributed by atoms with Crippen LogP contribution < -0.4 is 16.0 Å². The standard InChI is InChI=1S/C22H20N4O2S2/c1-13-12-29-22(26(13)14-7-3-2-4-8-14)16(11-23)20(28)25-21-18(19(24)27)15-9-5-6-10-17(15)30-21/h2-4,7-8,12H,5-6,9-10H2,1H3,(H2,24,27)(H,25,28)/b22-16-. The first kappa shape index (κ1) is 20.3. The molecule has 4 rings (SSSR count). The van der Waals surface area contributed by atoms with Gasteiger partial charge in [-0.1, -0.05) is 30.0 Å². The number of para-hydroxylation sites is 1. The van der Waals surface area contributed by atoms with E-state index in [0.29, 0.717) is 15.6 Å². The van der Waals surface area contributed by atoms with E-state index in [9.17, 15) is 14.9 Å². The summed E-state index contributed by atoms with van der Waals surface area (Å²) >= 11 is 2.72. The minimum absolute atomic E-state index is 0.00116. The van der Waals surface area contributed by atoms with E-state index in [1.165, 1.54) is 23.1 Å². The van der Waals surface area contributed by atoms with Gasteiger partial charge in [0.1, 0.15) is 21.7 Å². The van der Waals surface area contributed by atoms with Crippen molar-refractivity contribution in [2.75, 3.05) is 10.2 Å². The number of benzene rings is 1. The number of thioether (sulfide) groups is 1. The first-order valence-corrected chi connectivity index (χ1v) is 11.3.